The molecule has 0 spiro atoms. The van der Waals surface area contributed by atoms with Crippen molar-refractivity contribution < 1.29 is 42.2 Å². The Morgan fingerprint density at radius 3 is 2.56 bits per heavy atom. The van der Waals surface area contributed by atoms with E-state index in [4.69, 9.17) is 23.3 Å². The monoisotopic (exact) mass is 772 g/mol. The molecule has 0 aliphatic carbocycles. The van der Waals surface area contributed by atoms with E-state index in [1.54, 1.807) is 48.5 Å². The number of benzene rings is 2. The van der Waals surface area contributed by atoms with Crippen LogP contribution in [0.4, 0.5) is 4.79 Å². The molecule has 2 aromatic rings. The zero-order valence-electron chi connectivity index (χ0n) is 24.4. The van der Waals surface area contributed by atoms with Crippen molar-refractivity contribution in [3.05, 3.63) is 75.1 Å². The number of imide groups is 1. The molecule has 2 aliphatic rings. The lowest BCUT2D eigenvalue weighted by Gasteiger charge is -2.44. The third-order valence-corrected chi connectivity index (χ3v) is 9.93. The Morgan fingerprint density at radius 1 is 1.24 bits per heavy atom. The van der Waals surface area contributed by atoms with Crippen molar-refractivity contribution in [3.8, 4) is 5.75 Å². The fourth-order valence-corrected chi connectivity index (χ4v) is 7.14. The van der Waals surface area contributed by atoms with Crippen LogP contribution in [0.2, 0.25) is 0 Å². The van der Waals surface area contributed by atoms with Gasteiger partial charge in [-0.1, -0.05) is 67.3 Å². The number of carbonyl (C=O) groups is 3. The average Bonchev–Trinajstić information content (AvgIpc) is 3.41. The highest BCUT2D eigenvalue weighted by molar-refractivity contribution is 9.10. The number of halogens is 2. The molecule has 0 radical (unpaired) electrons. The van der Waals surface area contributed by atoms with Crippen molar-refractivity contribution in [2.45, 2.75) is 54.7 Å². The van der Waals surface area contributed by atoms with Crippen molar-refractivity contribution >= 4 is 57.5 Å². The minimum atomic E-state index is -4.38. The van der Waals surface area contributed by atoms with Gasteiger partial charge >= 0.3 is 19.7 Å². The Morgan fingerprint density at radius 2 is 1.93 bits per heavy atom. The van der Waals surface area contributed by atoms with Crippen LogP contribution in [0.1, 0.15) is 18.9 Å². The molecule has 45 heavy (non-hydrogen) atoms. The van der Waals surface area contributed by atoms with Gasteiger partial charge in [0.1, 0.15) is 22.3 Å². The normalized spacial score (nSPS) is 26.7. The fraction of sp³-hybridized carbons (Fsp3) is 0.444. The first-order valence-corrected chi connectivity index (χ1v) is 16.7. The predicted octanol–water partition coefficient (Wildman–Crippen LogP) is 4.80. The SMILES string of the molecule is COC(=O)[C@H](Cc1ccccc1)NP(=O)(OC[C@H]1O[C@@H](N2C(=O)NC(=O)C(C)(Br)C2OC)C[C@@H]1N=[N+]=[N-])Oc1ccc(Br)cc1. The molecular formula is C27H31Br2N6O9P. The van der Waals surface area contributed by atoms with Crippen molar-refractivity contribution in [3.63, 3.8) is 0 Å². The summed E-state index contributed by atoms with van der Waals surface area (Å²) in [5.41, 5.74) is 10.0. The van der Waals surface area contributed by atoms with E-state index < -0.39 is 67.2 Å². The molecule has 3 amide bonds. The van der Waals surface area contributed by atoms with Crippen LogP contribution in [0, 0.1) is 0 Å². The summed E-state index contributed by atoms with van der Waals surface area (Å²) < 4.78 is 41.9. The second-order valence-electron chi connectivity index (χ2n) is 10.2. The van der Waals surface area contributed by atoms with E-state index in [0.717, 1.165) is 10.0 Å². The number of hydrogen-bond acceptors (Lipinski definition) is 10. The van der Waals surface area contributed by atoms with Crippen molar-refractivity contribution in [2.24, 2.45) is 5.11 Å². The summed E-state index contributed by atoms with van der Waals surface area (Å²) in [7, 11) is -1.84. The molecule has 4 rings (SSSR count). The minimum absolute atomic E-state index is 0.00668. The van der Waals surface area contributed by atoms with Gasteiger partial charge in [0.15, 0.2) is 6.23 Å². The average molecular weight is 774 g/mol. The second kappa shape index (κ2) is 15.1. The number of nitrogens with one attached hydrogen (secondary N) is 2. The summed E-state index contributed by atoms with van der Waals surface area (Å²) in [4.78, 5) is 42.2. The van der Waals surface area contributed by atoms with Crippen LogP contribution in [0.15, 0.2) is 64.2 Å². The van der Waals surface area contributed by atoms with Gasteiger partial charge in [-0.2, -0.15) is 5.09 Å². The Bertz CT molecular complexity index is 1480. The highest BCUT2D eigenvalue weighted by atomic mass is 79.9. The zero-order chi connectivity index (χ0) is 32.8. The molecule has 3 unspecified atom stereocenters. The van der Waals surface area contributed by atoms with E-state index in [1.165, 1.54) is 26.0 Å². The summed E-state index contributed by atoms with van der Waals surface area (Å²) in [6.07, 6.45) is -3.02. The van der Waals surface area contributed by atoms with Crippen LogP contribution < -0.4 is 14.9 Å². The van der Waals surface area contributed by atoms with E-state index in [9.17, 15) is 24.5 Å². The zero-order valence-corrected chi connectivity index (χ0v) is 28.4. The molecule has 0 aromatic heterocycles. The number of esters is 1. The number of nitrogens with zero attached hydrogens (tertiary/aromatic N) is 4. The molecular weight excluding hydrogens is 743 g/mol. The minimum Gasteiger partial charge on any atom is -0.468 e. The lowest BCUT2D eigenvalue weighted by Crippen LogP contribution is -2.69. The quantitative estimate of drug-likeness (QED) is 0.0714. The fourth-order valence-electron chi connectivity index (χ4n) is 4.86. The first-order chi connectivity index (χ1) is 21.4. The van der Waals surface area contributed by atoms with Crippen LogP contribution in [0.25, 0.3) is 10.4 Å². The number of ether oxygens (including phenoxy) is 3. The second-order valence-corrected chi connectivity index (χ2v) is 14.5. The van der Waals surface area contributed by atoms with Gasteiger partial charge < -0.3 is 18.7 Å². The molecule has 7 atom stereocenters. The van der Waals surface area contributed by atoms with Crippen LogP contribution >= 0.6 is 39.6 Å². The third kappa shape index (κ3) is 8.43. The number of carbonyl (C=O) groups excluding carboxylic acids is 3. The van der Waals surface area contributed by atoms with E-state index in [2.05, 4.69) is 52.3 Å². The molecule has 2 fully saturated rings. The number of rotatable bonds is 13. The standard InChI is InChI=1S/C27H31Br2N6O9P/c1-27(29)24(37)31-26(38)35(25(27)41-3)22-14-19(32-34-30)21(43-22)15-42-45(39,44-18-11-9-17(28)10-12-18)33-20(23(36)40-2)13-16-7-5-4-6-8-16/h4-12,19-22,25H,13-15H2,1-3H3,(H,33,39)(H,31,37,38)/t19-,20-,21+,22+,25?,27?,45?/m0/s1. The number of methoxy groups -OCH3 is 2. The topological polar surface area (TPSA) is 190 Å². The molecule has 15 nitrogen and oxygen atoms in total. The molecule has 0 bridgehead atoms. The molecule has 0 saturated carbocycles. The van der Waals surface area contributed by atoms with Crippen molar-refractivity contribution in [1.82, 2.24) is 15.3 Å². The Labute approximate surface area is 275 Å². The van der Waals surface area contributed by atoms with Crippen molar-refractivity contribution in [2.75, 3.05) is 20.8 Å². The maximum Gasteiger partial charge on any atom is 0.459 e. The molecule has 2 aromatic carbocycles. The van der Waals surface area contributed by atoms with Crippen LogP contribution in [0.5, 0.6) is 5.75 Å². The molecule has 2 aliphatic heterocycles. The first kappa shape index (κ1) is 34.9. The van der Waals surface area contributed by atoms with Gasteiger partial charge in [0.05, 0.1) is 25.9 Å². The van der Waals surface area contributed by atoms with Gasteiger partial charge in [-0.05, 0) is 48.7 Å². The van der Waals surface area contributed by atoms with E-state index in [-0.39, 0.29) is 18.6 Å². The molecule has 2 N–H and O–H groups in total. The van der Waals surface area contributed by atoms with E-state index >= 15 is 0 Å². The lowest BCUT2D eigenvalue weighted by molar-refractivity contribution is -0.152. The van der Waals surface area contributed by atoms with Gasteiger partial charge in [0.2, 0.25) is 5.91 Å². The number of urea groups is 1. The maximum absolute atomic E-state index is 14.3. The summed E-state index contributed by atoms with van der Waals surface area (Å²) in [6, 6.07) is 12.7. The summed E-state index contributed by atoms with van der Waals surface area (Å²) in [5, 5.41) is 8.75. The summed E-state index contributed by atoms with van der Waals surface area (Å²) >= 11 is 6.66. The summed E-state index contributed by atoms with van der Waals surface area (Å²) in [5.74, 6) is -1.14. The summed E-state index contributed by atoms with van der Waals surface area (Å²) in [6.45, 7) is 1.09. The Balaban J connectivity index is 1.59. The third-order valence-electron chi connectivity index (χ3n) is 7.08. The van der Waals surface area contributed by atoms with Gasteiger partial charge in [-0.15, -0.1) is 0 Å². The van der Waals surface area contributed by atoms with Gasteiger partial charge in [-0.25, -0.2) is 9.36 Å². The number of amides is 3. The smallest absolute Gasteiger partial charge is 0.459 e. The van der Waals surface area contributed by atoms with Gasteiger partial charge in [-0.3, -0.25) is 24.3 Å². The van der Waals surface area contributed by atoms with Crippen LogP contribution in [0.3, 0.4) is 0 Å². The predicted molar refractivity (Wildman–Crippen MR) is 167 cm³/mol. The van der Waals surface area contributed by atoms with Crippen LogP contribution in [-0.4, -0.2) is 78.6 Å². The molecule has 2 saturated heterocycles. The van der Waals surface area contributed by atoms with Crippen LogP contribution in [-0.2, 0) is 39.3 Å². The number of azide groups is 1. The maximum atomic E-state index is 14.3. The van der Waals surface area contributed by atoms with E-state index in [1.807, 2.05) is 6.07 Å². The number of hydrogen-bond donors (Lipinski definition) is 2. The highest BCUT2D eigenvalue weighted by Crippen LogP contribution is 2.46. The Kier molecular flexibility index (Phi) is 11.7. The first-order valence-electron chi connectivity index (χ1n) is 13.5. The molecule has 18 heteroatoms. The number of alkyl halides is 1. The van der Waals surface area contributed by atoms with Gasteiger partial charge in [0, 0.05) is 22.9 Å². The molecule has 2 heterocycles. The molecule has 242 valence electrons. The lowest BCUT2D eigenvalue weighted by atomic mass is 10.0. The van der Waals surface area contributed by atoms with Gasteiger partial charge in [0.25, 0.3) is 0 Å². The largest absolute Gasteiger partial charge is 0.468 e. The van der Waals surface area contributed by atoms with Crippen molar-refractivity contribution in [1.29, 1.82) is 0 Å². The Hall–Kier alpha value is -3.01. The highest BCUT2D eigenvalue weighted by Gasteiger charge is 2.54. The van der Waals surface area contributed by atoms with E-state index in [0.29, 0.717) is 0 Å².